The molecular formula is C26H20O5. The number of hydrogen-bond acceptors (Lipinski definition) is 5. The maximum atomic E-state index is 12.8. The molecule has 0 unspecified atom stereocenters. The van der Waals surface area contributed by atoms with Gasteiger partial charge in [-0.25, -0.2) is 4.79 Å². The first kappa shape index (κ1) is 20.2. The predicted octanol–water partition coefficient (Wildman–Crippen LogP) is 5.77. The molecule has 0 spiro atoms. The minimum atomic E-state index is -0.526. The van der Waals surface area contributed by atoms with Gasteiger partial charge in [0.1, 0.15) is 23.3 Å². The third kappa shape index (κ3) is 4.73. The highest BCUT2D eigenvalue weighted by Gasteiger charge is 2.12. The predicted molar refractivity (Wildman–Crippen MR) is 119 cm³/mol. The number of aryl methyl sites for hydroxylation is 1. The highest BCUT2D eigenvalue weighted by Crippen LogP contribution is 2.26. The molecule has 0 saturated heterocycles. The van der Waals surface area contributed by atoms with Gasteiger partial charge in [0.05, 0.1) is 5.39 Å². The number of hydrogen-bond donors (Lipinski definition) is 0. The standard InChI is InChI=1S/C26H20O5/c1-2-19-10-6-7-11-22(19)31-24-17-29-23-16-20(13-14-21(23)26(24)28)30-25(27)15-12-18-8-4-3-5-9-18/h3-17H,2H2,1H3/b15-12+. The van der Waals surface area contributed by atoms with Gasteiger partial charge in [0.15, 0.2) is 0 Å². The van der Waals surface area contributed by atoms with Crippen LogP contribution in [0.5, 0.6) is 17.2 Å². The molecule has 4 aromatic rings. The van der Waals surface area contributed by atoms with Crippen molar-refractivity contribution in [2.24, 2.45) is 0 Å². The molecule has 0 radical (unpaired) electrons. The van der Waals surface area contributed by atoms with E-state index in [9.17, 15) is 9.59 Å². The third-order valence-corrected chi connectivity index (χ3v) is 4.72. The minimum Gasteiger partial charge on any atom is -0.460 e. The van der Waals surface area contributed by atoms with Crippen LogP contribution in [0.25, 0.3) is 17.0 Å². The number of esters is 1. The van der Waals surface area contributed by atoms with Gasteiger partial charge in [-0.2, -0.15) is 0 Å². The van der Waals surface area contributed by atoms with Gasteiger partial charge in [-0.15, -0.1) is 0 Å². The van der Waals surface area contributed by atoms with Crippen molar-refractivity contribution < 1.29 is 18.7 Å². The number of ether oxygens (including phenoxy) is 2. The molecule has 3 aromatic carbocycles. The van der Waals surface area contributed by atoms with Gasteiger partial charge in [-0.1, -0.05) is 55.5 Å². The average Bonchev–Trinajstić information content (AvgIpc) is 2.80. The summed E-state index contributed by atoms with van der Waals surface area (Å²) in [6.45, 7) is 2.02. The molecule has 4 rings (SSSR count). The number of rotatable bonds is 6. The summed E-state index contributed by atoms with van der Waals surface area (Å²) >= 11 is 0. The molecule has 0 aliphatic rings. The molecule has 0 fully saturated rings. The first-order valence-electron chi connectivity index (χ1n) is 9.90. The molecule has 1 aromatic heterocycles. The third-order valence-electron chi connectivity index (χ3n) is 4.72. The number of fused-ring (bicyclic) bond motifs is 1. The Hall–Kier alpha value is -4.12. The summed E-state index contributed by atoms with van der Waals surface area (Å²) in [4.78, 5) is 24.9. The highest BCUT2D eigenvalue weighted by atomic mass is 16.5. The highest BCUT2D eigenvalue weighted by molar-refractivity contribution is 5.89. The molecule has 31 heavy (non-hydrogen) atoms. The second-order valence-corrected chi connectivity index (χ2v) is 6.82. The van der Waals surface area contributed by atoms with E-state index in [4.69, 9.17) is 13.9 Å². The zero-order valence-corrected chi connectivity index (χ0v) is 16.9. The summed E-state index contributed by atoms with van der Waals surface area (Å²) in [5.41, 5.74) is 1.89. The quantitative estimate of drug-likeness (QED) is 0.229. The minimum absolute atomic E-state index is 0.101. The summed E-state index contributed by atoms with van der Waals surface area (Å²) in [5.74, 6) is 0.473. The lowest BCUT2D eigenvalue weighted by Crippen LogP contribution is -2.07. The largest absolute Gasteiger partial charge is 0.460 e. The zero-order chi connectivity index (χ0) is 21.6. The zero-order valence-electron chi connectivity index (χ0n) is 16.9. The van der Waals surface area contributed by atoms with Crippen LogP contribution in [0.3, 0.4) is 0 Å². The van der Waals surface area contributed by atoms with Gasteiger partial charge in [-0.05, 0) is 41.8 Å². The molecular weight excluding hydrogens is 392 g/mol. The van der Waals surface area contributed by atoms with E-state index >= 15 is 0 Å². The average molecular weight is 412 g/mol. The monoisotopic (exact) mass is 412 g/mol. The Morgan fingerprint density at radius 3 is 2.55 bits per heavy atom. The van der Waals surface area contributed by atoms with Crippen LogP contribution in [0.1, 0.15) is 18.1 Å². The Morgan fingerprint density at radius 1 is 0.968 bits per heavy atom. The number of carbonyl (C=O) groups is 1. The van der Waals surface area contributed by atoms with Crippen molar-refractivity contribution in [2.75, 3.05) is 0 Å². The van der Waals surface area contributed by atoms with Gasteiger partial charge in [0, 0.05) is 12.1 Å². The van der Waals surface area contributed by atoms with Crippen molar-refractivity contribution in [3.63, 3.8) is 0 Å². The summed E-state index contributed by atoms with van der Waals surface area (Å²) in [5, 5.41) is 0.339. The van der Waals surface area contributed by atoms with E-state index in [1.54, 1.807) is 18.2 Å². The summed E-state index contributed by atoms with van der Waals surface area (Å²) in [6, 6.07) is 21.6. The normalized spacial score (nSPS) is 11.0. The smallest absolute Gasteiger partial charge is 0.336 e. The molecule has 0 aliphatic carbocycles. The van der Waals surface area contributed by atoms with Crippen LogP contribution < -0.4 is 14.9 Å². The molecule has 5 nitrogen and oxygen atoms in total. The molecule has 0 saturated carbocycles. The molecule has 0 N–H and O–H groups in total. The van der Waals surface area contributed by atoms with Crippen LogP contribution in [0.4, 0.5) is 0 Å². The van der Waals surface area contributed by atoms with Crippen LogP contribution in [0.15, 0.2) is 94.3 Å². The van der Waals surface area contributed by atoms with Crippen LogP contribution in [0, 0.1) is 0 Å². The fourth-order valence-corrected chi connectivity index (χ4v) is 3.12. The van der Waals surface area contributed by atoms with E-state index in [1.807, 2.05) is 61.5 Å². The van der Waals surface area contributed by atoms with E-state index < -0.39 is 5.97 Å². The number of para-hydroxylation sites is 1. The lowest BCUT2D eigenvalue weighted by molar-refractivity contribution is -0.128. The fourth-order valence-electron chi connectivity index (χ4n) is 3.12. The summed E-state index contributed by atoms with van der Waals surface area (Å²) in [6.07, 6.45) is 5.07. The molecule has 0 bridgehead atoms. The molecule has 154 valence electrons. The second kappa shape index (κ2) is 9.13. The van der Waals surface area contributed by atoms with E-state index in [2.05, 4.69) is 0 Å². The fraction of sp³-hybridized carbons (Fsp3) is 0.0769. The van der Waals surface area contributed by atoms with Crippen LogP contribution in [-0.4, -0.2) is 5.97 Å². The first-order valence-corrected chi connectivity index (χ1v) is 9.90. The maximum Gasteiger partial charge on any atom is 0.336 e. The Labute approximate surface area is 179 Å². The van der Waals surface area contributed by atoms with Crippen LogP contribution in [0.2, 0.25) is 0 Å². The lowest BCUT2D eigenvalue weighted by atomic mass is 10.1. The van der Waals surface area contributed by atoms with Crippen molar-refractivity contribution in [2.45, 2.75) is 13.3 Å². The van der Waals surface area contributed by atoms with Gasteiger partial charge in [-0.3, -0.25) is 4.79 Å². The van der Waals surface area contributed by atoms with Gasteiger partial charge >= 0.3 is 5.97 Å². The Balaban J connectivity index is 1.54. The molecule has 5 heteroatoms. The number of carbonyl (C=O) groups excluding carboxylic acids is 1. The SMILES string of the molecule is CCc1ccccc1Oc1coc2cc(OC(=O)/C=C/c3ccccc3)ccc2c1=O. The van der Waals surface area contributed by atoms with Crippen molar-refractivity contribution in [1.29, 1.82) is 0 Å². The van der Waals surface area contributed by atoms with E-state index in [-0.39, 0.29) is 16.9 Å². The van der Waals surface area contributed by atoms with Gasteiger partial charge in [0.25, 0.3) is 0 Å². The van der Waals surface area contributed by atoms with Crippen molar-refractivity contribution in [1.82, 2.24) is 0 Å². The molecule has 0 aliphatic heterocycles. The summed E-state index contributed by atoms with van der Waals surface area (Å²) in [7, 11) is 0. The van der Waals surface area contributed by atoms with Gasteiger partial charge < -0.3 is 13.9 Å². The van der Waals surface area contributed by atoms with Crippen molar-refractivity contribution in [3.05, 3.63) is 106 Å². The molecule has 0 amide bonds. The first-order chi connectivity index (χ1) is 15.1. The van der Waals surface area contributed by atoms with Crippen molar-refractivity contribution >= 4 is 23.0 Å². The lowest BCUT2D eigenvalue weighted by Gasteiger charge is -2.09. The van der Waals surface area contributed by atoms with Crippen molar-refractivity contribution in [3.8, 4) is 17.2 Å². The van der Waals surface area contributed by atoms with E-state index in [0.717, 1.165) is 17.5 Å². The topological polar surface area (TPSA) is 65.7 Å². The Bertz CT molecular complexity index is 1300. The van der Waals surface area contributed by atoms with Gasteiger partial charge in [0.2, 0.25) is 11.2 Å². The second-order valence-electron chi connectivity index (χ2n) is 6.82. The van der Waals surface area contributed by atoms with Crippen LogP contribution >= 0.6 is 0 Å². The summed E-state index contributed by atoms with van der Waals surface area (Å²) < 4.78 is 16.7. The Kier molecular flexibility index (Phi) is 5.94. The molecule has 0 atom stereocenters. The van der Waals surface area contributed by atoms with E-state index in [1.165, 1.54) is 18.4 Å². The molecule has 1 heterocycles. The number of benzene rings is 3. The maximum absolute atomic E-state index is 12.8. The van der Waals surface area contributed by atoms with E-state index in [0.29, 0.717) is 16.7 Å². The Morgan fingerprint density at radius 2 is 1.74 bits per heavy atom. The van der Waals surface area contributed by atoms with Crippen LogP contribution in [-0.2, 0) is 11.2 Å².